The number of hydrogen-bond donors (Lipinski definition) is 0. The van der Waals surface area contributed by atoms with E-state index >= 15 is 0 Å². The van der Waals surface area contributed by atoms with Crippen molar-refractivity contribution in [1.29, 1.82) is 0 Å². The molecule has 2 heteroatoms. The third kappa shape index (κ3) is 2.02. The molecule has 1 aliphatic rings. The Kier molecular flexibility index (Phi) is 3.47. The van der Waals surface area contributed by atoms with Gasteiger partial charge in [-0.15, -0.1) is 0 Å². The number of rotatable bonds is 2. The first-order valence-electron chi connectivity index (χ1n) is 6.02. The number of likely N-dealkylation sites (N-methyl/N-ethyl adjacent to an activating group) is 1. The number of allylic oxidation sites excluding steroid dienone is 3. The molecule has 1 aliphatic heterocycles. The Morgan fingerprint density at radius 2 is 1.94 bits per heavy atom. The normalized spacial score (nSPS) is 15.9. The molecule has 2 rings (SSSR count). The summed E-state index contributed by atoms with van der Waals surface area (Å²) in [5.74, 6) is 0.0597. The summed E-state index contributed by atoms with van der Waals surface area (Å²) in [6, 6.07) is 7.73. The molecule has 2 nitrogen and oxygen atoms in total. The Balaban J connectivity index is 2.74. The lowest BCUT2D eigenvalue weighted by Gasteiger charge is -2.15. The van der Waals surface area contributed by atoms with Crippen LogP contribution in [-0.2, 0) is 0 Å². The van der Waals surface area contributed by atoms with Gasteiger partial charge in [0, 0.05) is 19.2 Å². The van der Waals surface area contributed by atoms with Crippen molar-refractivity contribution in [3.63, 3.8) is 0 Å². The standard InChI is InChI=1S/C16H17NO/c1-4-8-13-12(5-2)11-17(3)16(18)15-10-7-6-9-14(13)15/h4-10H,2,11H2,1,3H3/b8-4-. The third-order valence-electron chi connectivity index (χ3n) is 3.13. The molecule has 1 aromatic rings. The summed E-state index contributed by atoms with van der Waals surface area (Å²) in [6.07, 6.45) is 5.87. The largest absolute Gasteiger partial charge is 0.337 e. The van der Waals surface area contributed by atoms with E-state index < -0.39 is 0 Å². The zero-order chi connectivity index (χ0) is 13.1. The zero-order valence-electron chi connectivity index (χ0n) is 10.8. The first kappa shape index (κ1) is 12.4. The van der Waals surface area contributed by atoms with Crippen LogP contribution in [0.4, 0.5) is 0 Å². The summed E-state index contributed by atoms with van der Waals surface area (Å²) >= 11 is 0. The number of carbonyl (C=O) groups excluding carboxylic acids is 1. The molecule has 92 valence electrons. The van der Waals surface area contributed by atoms with E-state index in [-0.39, 0.29) is 5.91 Å². The van der Waals surface area contributed by atoms with Crippen molar-refractivity contribution in [2.24, 2.45) is 0 Å². The van der Waals surface area contributed by atoms with Crippen LogP contribution in [0.25, 0.3) is 5.57 Å². The quantitative estimate of drug-likeness (QED) is 0.775. The van der Waals surface area contributed by atoms with Crippen LogP contribution in [0.15, 0.2) is 54.6 Å². The molecular weight excluding hydrogens is 222 g/mol. The van der Waals surface area contributed by atoms with Crippen molar-refractivity contribution in [3.05, 3.63) is 65.8 Å². The molecule has 0 N–H and O–H groups in total. The second-order valence-corrected chi connectivity index (χ2v) is 4.35. The lowest BCUT2D eigenvalue weighted by atomic mass is 9.96. The molecule has 0 saturated carbocycles. The molecule has 0 bridgehead atoms. The number of hydrogen-bond acceptors (Lipinski definition) is 1. The minimum absolute atomic E-state index is 0.0597. The van der Waals surface area contributed by atoms with E-state index in [0.717, 1.165) is 22.3 Å². The van der Waals surface area contributed by atoms with Crippen LogP contribution in [-0.4, -0.2) is 24.4 Å². The molecule has 1 amide bonds. The second kappa shape index (κ2) is 5.05. The summed E-state index contributed by atoms with van der Waals surface area (Å²) < 4.78 is 0. The van der Waals surface area contributed by atoms with Crippen LogP contribution in [0.5, 0.6) is 0 Å². The Morgan fingerprint density at radius 1 is 1.28 bits per heavy atom. The van der Waals surface area contributed by atoms with Gasteiger partial charge in [-0.1, -0.05) is 43.0 Å². The van der Waals surface area contributed by atoms with Gasteiger partial charge in [-0.25, -0.2) is 0 Å². The van der Waals surface area contributed by atoms with Gasteiger partial charge < -0.3 is 4.90 Å². The highest BCUT2D eigenvalue weighted by atomic mass is 16.2. The van der Waals surface area contributed by atoms with Crippen LogP contribution in [0.2, 0.25) is 0 Å². The predicted octanol–water partition coefficient (Wildman–Crippen LogP) is 3.29. The minimum atomic E-state index is 0.0597. The van der Waals surface area contributed by atoms with E-state index in [9.17, 15) is 4.79 Å². The van der Waals surface area contributed by atoms with Crippen molar-refractivity contribution < 1.29 is 4.79 Å². The molecule has 1 heterocycles. The van der Waals surface area contributed by atoms with Gasteiger partial charge in [0.1, 0.15) is 0 Å². The molecular formula is C16H17NO. The number of carbonyl (C=O) groups is 1. The molecule has 0 aromatic heterocycles. The Bertz CT molecular complexity index is 552. The van der Waals surface area contributed by atoms with Gasteiger partial charge in [0.15, 0.2) is 0 Å². The van der Waals surface area contributed by atoms with E-state index in [1.165, 1.54) is 0 Å². The monoisotopic (exact) mass is 239 g/mol. The smallest absolute Gasteiger partial charge is 0.254 e. The van der Waals surface area contributed by atoms with Crippen LogP contribution >= 0.6 is 0 Å². The van der Waals surface area contributed by atoms with E-state index in [4.69, 9.17) is 0 Å². The zero-order valence-corrected chi connectivity index (χ0v) is 10.8. The Labute approximate surface area is 108 Å². The fourth-order valence-electron chi connectivity index (χ4n) is 2.23. The van der Waals surface area contributed by atoms with E-state index in [2.05, 4.69) is 6.58 Å². The van der Waals surface area contributed by atoms with Gasteiger partial charge in [0.25, 0.3) is 5.91 Å². The molecule has 0 fully saturated rings. The molecule has 0 spiro atoms. The highest BCUT2D eigenvalue weighted by Crippen LogP contribution is 2.29. The van der Waals surface area contributed by atoms with Gasteiger partial charge in [0.2, 0.25) is 0 Å². The topological polar surface area (TPSA) is 20.3 Å². The van der Waals surface area contributed by atoms with Crippen molar-refractivity contribution in [2.45, 2.75) is 6.92 Å². The van der Waals surface area contributed by atoms with Crippen molar-refractivity contribution in [3.8, 4) is 0 Å². The highest BCUT2D eigenvalue weighted by Gasteiger charge is 2.22. The van der Waals surface area contributed by atoms with Crippen LogP contribution in [0.1, 0.15) is 22.8 Å². The van der Waals surface area contributed by atoms with Crippen LogP contribution in [0, 0.1) is 0 Å². The minimum Gasteiger partial charge on any atom is -0.337 e. The van der Waals surface area contributed by atoms with Gasteiger partial charge in [-0.3, -0.25) is 4.79 Å². The van der Waals surface area contributed by atoms with Crippen molar-refractivity contribution in [2.75, 3.05) is 13.6 Å². The first-order chi connectivity index (χ1) is 8.69. The fourth-order valence-corrected chi connectivity index (χ4v) is 2.23. The molecule has 0 aliphatic carbocycles. The van der Waals surface area contributed by atoms with E-state index in [0.29, 0.717) is 6.54 Å². The van der Waals surface area contributed by atoms with E-state index in [1.54, 1.807) is 4.90 Å². The molecule has 0 radical (unpaired) electrons. The lowest BCUT2D eigenvalue weighted by Crippen LogP contribution is -2.27. The maximum absolute atomic E-state index is 12.3. The maximum Gasteiger partial charge on any atom is 0.254 e. The molecule has 0 atom stereocenters. The number of fused-ring (bicyclic) bond motifs is 1. The molecule has 1 aromatic carbocycles. The average Bonchev–Trinajstić information content (AvgIpc) is 2.50. The fraction of sp³-hybridized carbons (Fsp3) is 0.188. The predicted molar refractivity (Wildman–Crippen MR) is 75.3 cm³/mol. The van der Waals surface area contributed by atoms with Gasteiger partial charge >= 0.3 is 0 Å². The molecule has 0 saturated heterocycles. The SMILES string of the molecule is C=CC1=C(/C=C\C)c2ccccc2C(=O)N(C)C1. The highest BCUT2D eigenvalue weighted by molar-refractivity contribution is 6.02. The summed E-state index contributed by atoms with van der Waals surface area (Å²) in [4.78, 5) is 14.0. The van der Waals surface area contributed by atoms with Gasteiger partial charge in [0.05, 0.1) is 0 Å². The van der Waals surface area contributed by atoms with Crippen LogP contribution < -0.4 is 0 Å². The van der Waals surface area contributed by atoms with E-state index in [1.807, 2.05) is 56.5 Å². The van der Waals surface area contributed by atoms with Gasteiger partial charge in [-0.2, -0.15) is 0 Å². The average molecular weight is 239 g/mol. The third-order valence-corrected chi connectivity index (χ3v) is 3.13. The summed E-state index contributed by atoms with van der Waals surface area (Å²) in [5.41, 5.74) is 3.90. The van der Waals surface area contributed by atoms with Crippen LogP contribution in [0.3, 0.4) is 0 Å². The van der Waals surface area contributed by atoms with Crippen molar-refractivity contribution >= 4 is 11.5 Å². The number of benzene rings is 1. The number of nitrogens with zero attached hydrogens (tertiary/aromatic N) is 1. The Hall–Kier alpha value is -2.09. The van der Waals surface area contributed by atoms with Gasteiger partial charge in [-0.05, 0) is 29.7 Å². The molecule has 18 heavy (non-hydrogen) atoms. The molecule has 0 unspecified atom stereocenters. The second-order valence-electron chi connectivity index (χ2n) is 4.35. The summed E-state index contributed by atoms with van der Waals surface area (Å²) in [7, 11) is 1.82. The summed E-state index contributed by atoms with van der Waals surface area (Å²) in [6.45, 7) is 6.43. The Morgan fingerprint density at radius 3 is 2.56 bits per heavy atom. The van der Waals surface area contributed by atoms with Crippen molar-refractivity contribution in [1.82, 2.24) is 4.90 Å². The lowest BCUT2D eigenvalue weighted by molar-refractivity contribution is 0.0809. The first-order valence-corrected chi connectivity index (χ1v) is 6.02. The number of amides is 1. The maximum atomic E-state index is 12.3. The summed E-state index contributed by atoms with van der Waals surface area (Å²) in [5, 5.41) is 0.